The average Bonchev–Trinajstić information content (AvgIpc) is 3.16. The van der Waals surface area contributed by atoms with Crippen LogP contribution in [0.2, 0.25) is 0 Å². The van der Waals surface area contributed by atoms with Crippen molar-refractivity contribution < 1.29 is 19.1 Å². The maximum Gasteiger partial charge on any atom is 0.150 e. The third-order valence-corrected chi connectivity index (χ3v) is 10.9. The lowest BCUT2D eigenvalue weighted by Crippen LogP contribution is -2.08. The Labute approximate surface area is 309 Å². The van der Waals surface area contributed by atoms with Crippen molar-refractivity contribution >= 4 is 12.6 Å². The molecule has 0 amide bonds. The molecular formula is C48H50O4. The van der Waals surface area contributed by atoms with Crippen molar-refractivity contribution in [2.75, 3.05) is 13.2 Å². The van der Waals surface area contributed by atoms with Gasteiger partial charge in [0.1, 0.15) is 24.1 Å². The summed E-state index contributed by atoms with van der Waals surface area (Å²) in [4.78, 5) is 22.9. The molecule has 5 aromatic rings. The van der Waals surface area contributed by atoms with Gasteiger partial charge in [0, 0.05) is 22.3 Å². The molecule has 2 aliphatic rings. The fourth-order valence-electron chi connectivity index (χ4n) is 7.47. The number of hydrogen-bond acceptors (Lipinski definition) is 4. The lowest BCUT2D eigenvalue weighted by molar-refractivity contribution is 0.111. The Kier molecular flexibility index (Phi) is 11.9. The monoisotopic (exact) mass is 690 g/mol. The van der Waals surface area contributed by atoms with E-state index >= 15 is 0 Å². The van der Waals surface area contributed by atoms with E-state index in [4.69, 9.17) is 9.47 Å². The van der Waals surface area contributed by atoms with Crippen LogP contribution in [0.25, 0.3) is 22.3 Å². The second kappa shape index (κ2) is 17.5. The largest absolute Gasteiger partial charge is 0.493 e. The molecular weight excluding hydrogens is 641 g/mol. The molecule has 0 unspecified atom stereocenters. The van der Waals surface area contributed by atoms with Crippen molar-refractivity contribution in [1.82, 2.24) is 0 Å². The first-order chi connectivity index (χ1) is 25.7. The molecule has 5 aromatic carbocycles. The van der Waals surface area contributed by atoms with Crippen LogP contribution in [-0.4, -0.2) is 25.8 Å². The average molecular weight is 691 g/mol. The summed E-state index contributed by atoms with van der Waals surface area (Å²) in [5, 5.41) is 0. The zero-order valence-electron chi connectivity index (χ0n) is 30.3. The lowest BCUT2D eigenvalue weighted by Gasteiger charge is -2.19. The second-order valence-electron chi connectivity index (χ2n) is 14.6. The van der Waals surface area contributed by atoms with Crippen LogP contribution < -0.4 is 9.47 Å². The quantitative estimate of drug-likeness (QED) is 0.0602. The Hall–Kier alpha value is -4.96. The Morgan fingerprint density at radius 1 is 0.423 bits per heavy atom. The number of carbonyl (C=O) groups excluding carboxylic acids is 2. The molecule has 0 aliphatic heterocycles. The Bertz CT molecular complexity index is 1830. The van der Waals surface area contributed by atoms with Crippen LogP contribution >= 0.6 is 0 Å². The second-order valence-corrected chi connectivity index (χ2v) is 14.6. The molecule has 266 valence electrons. The zero-order valence-corrected chi connectivity index (χ0v) is 30.3. The maximum atomic E-state index is 11.4. The molecule has 0 spiro atoms. The van der Waals surface area contributed by atoms with Gasteiger partial charge in [-0.2, -0.15) is 0 Å². The molecule has 0 atom stereocenters. The molecule has 0 bridgehead atoms. The van der Waals surface area contributed by atoms with Crippen molar-refractivity contribution in [2.24, 2.45) is 0 Å². The minimum Gasteiger partial charge on any atom is -0.493 e. The standard InChI is InChI=1S/C48H50O4/c49-33-37-13-19-41(20-14-37)45-32-48(52-28-8-4-2-6-10-36-12-18-40-24-26-44(40)30-36)46(42-21-15-38(34-50)16-22-42)31-47(45)51-27-7-3-1-5-9-35-11-17-39-23-25-43(39)29-35/h11-22,29-34H,1-10,23-28H2. The van der Waals surface area contributed by atoms with Crippen LogP contribution in [0, 0.1) is 0 Å². The summed E-state index contributed by atoms with van der Waals surface area (Å²) in [6.07, 6.45) is 17.9. The Balaban J connectivity index is 1.000. The van der Waals surface area contributed by atoms with E-state index in [-0.39, 0.29) is 0 Å². The van der Waals surface area contributed by atoms with E-state index in [1.165, 1.54) is 73.6 Å². The first-order valence-corrected chi connectivity index (χ1v) is 19.4. The van der Waals surface area contributed by atoms with E-state index in [0.717, 1.165) is 84.9 Å². The molecule has 0 saturated heterocycles. The van der Waals surface area contributed by atoms with E-state index in [1.54, 1.807) is 11.1 Å². The summed E-state index contributed by atoms with van der Waals surface area (Å²) < 4.78 is 13.1. The van der Waals surface area contributed by atoms with Crippen molar-refractivity contribution in [3.63, 3.8) is 0 Å². The van der Waals surface area contributed by atoms with Gasteiger partial charge in [-0.3, -0.25) is 9.59 Å². The van der Waals surface area contributed by atoms with Crippen LogP contribution in [0.3, 0.4) is 0 Å². The fraction of sp³-hybridized carbons (Fsp3) is 0.333. The van der Waals surface area contributed by atoms with Crippen LogP contribution in [0.5, 0.6) is 11.5 Å². The third-order valence-electron chi connectivity index (χ3n) is 10.9. The van der Waals surface area contributed by atoms with Gasteiger partial charge in [-0.25, -0.2) is 0 Å². The van der Waals surface area contributed by atoms with Crippen molar-refractivity contribution in [1.29, 1.82) is 0 Å². The third kappa shape index (κ3) is 8.91. The van der Waals surface area contributed by atoms with Gasteiger partial charge in [-0.15, -0.1) is 0 Å². The minimum atomic E-state index is 0.618. The molecule has 0 heterocycles. The van der Waals surface area contributed by atoms with E-state index in [9.17, 15) is 9.59 Å². The first kappa shape index (κ1) is 35.4. The van der Waals surface area contributed by atoms with Gasteiger partial charge in [0.05, 0.1) is 13.2 Å². The predicted octanol–water partition coefficient (Wildman–Crippen LogP) is 11.2. The Morgan fingerprint density at radius 2 is 0.827 bits per heavy atom. The summed E-state index contributed by atoms with van der Waals surface area (Å²) in [6, 6.07) is 33.5. The molecule has 0 fully saturated rings. The summed E-state index contributed by atoms with van der Waals surface area (Å²) >= 11 is 0. The summed E-state index contributed by atoms with van der Waals surface area (Å²) in [5.74, 6) is 1.58. The van der Waals surface area contributed by atoms with Crippen LogP contribution in [0.4, 0.5) is 0 Å². The number of rotatable bonds is 20. The number of unbranched alkanes of at least 4 members (excludes halogenated alkanes) is 6. The van der Waals surface area contributed by atoms with E-state index in [1.807, 2.05) is 48.5 Å². The number of ether oxygens (including phenoxy) is 2. The number of aryl methyl sites for hydroxylation is 6. The minimum absolute atomic E-state index is 0.618. The molecule has 4 heteroatoms. The van der Waals surface area contributed by atoms with E-state index in [0.29, 0.717) is 24.3 Å². The van der Waals surface area contributed by atoms with Crippen LogP contribution in [0.15, 0.2) is 97.1 Å². The number of benzene rings is 5. The van der Waals surface area contributed by atoms with Gasteiger partial charge in [-0.05, 0) is 121 Å². The van der Waals surface area contributed by atoms with E-state index < -0.39 is 0 Å². The van der Waals surface area contributed by atoms with Gasteiger partial charge in [0.15, 0.2) is 0 Å². The van der Waals surface area contributed by atoms with Gasteiger partial charge >= 0.3 is 0 Å². The number of aldehydes is 2. The summed E-state index contributed by atoms with van der Waals surface area (Å²) in [6.45, 7) is 1.24. The highest BCUT2D eigenvalue weighted by Crippen LogP contribution is 2.41. The topological polar surface area (TPSA) is 52.6 Å². The highest BCUT2D eigenvalue weighted by atomic mass is 16.5. The van der Waals surface area contributed by atoms with Gasteiger partial charge in [-0.1, -0.05) is 111 Å². The number of fused-ring (bicyclic) bond motifs is 2. The van der Waals surface area contributed by atoms with Crippen molar-refractivity contribution in [3.05, 3.63) is 142 Å². The SMILES string of the molecule is O=Cc1ccc(-c2cc(OCCCCCCc3ccc4c(c3)CC4)c(-c3ccc(C=O)cc3)cc2OCCCCCCc2ccc3c(c2)CC3)cc1. The van der Waals surface area contributed by atoms with Gasteiger partial charge < -0.3 is 9.47 Å². The molecule has 2 aliphatic carbocycles. The molecule has 0 saturated carbocycles. The van der Waals surface area contributed by atoms with Gasteiger partial charge in [0.2, 0.25) is 0 Å². The van der Waals surface area contributed by atoms with Crippen LogP contribution in [-0.2, 0) is 38.5 Å². The maximum absolute atomic E-state index is 11.4. The van der Waals surface area contributed by atoms with Crippen molar-refractivity contribution in [2.45, 2.75) is 89.9 Å². The highest BCUT2D eigenvalue weighted by Gasteiger charge is 2.17. The number of carbonyl (C=O) groups is 2. The predicted molar refractivity (Wildman–Crippen MR) is 211 cm³/mol. The van der Waals surface area contributed by atoms with E-state index in [2.05, 4.69) is 48.5 Å². The lowest BCUT2D eigenvalue weighted by atomic mass is 9.86. The molecule has 0 radical (unpaired) electrons. The van der Waals surface area contributed by atoms with Crippen molar-refractivity contribution in [3.8, 4) is 33.8 Å². The normalized spacial score (nSPS) is 12.6. The molecule has 4 nitrogen and oxygen atoms in total. The molecule has 52 heavy (non-hydrogen) atoms. The number of hydrogen-bond donors (Lipinski definition) is 0. The zero-order chi connectivity index (χ0) is 35.5. The summed E-state index contributed by atoms with van der Waals surface area (Å²) in [5.41, 5.74) is 14.2. The summed E-state index contributed by atoms with van der Waals surface area (Å²) in [7, 11) is 0. The highest BCUT2D eigenvalue weighted by molar-refractivity contribution is 5.84. The molecule has 0 aromatic heterocycles. The smallest absolute Gasteiger partial charge is 0.150 e. The molecule has 7 rings (SSSR count). The van der Waals surface area contributed by atoms with Crippen LogP contribution in [0.1, 0.15) is 105 Å². The molecule has 0 N–H and O–H groups in total. The Morgan fingerprint density at radius 3 is 1.19 bits per heavy atom. The fourth-order valence-corrected chi connectivity index (χ4v) is 7.47. The van der Waals surface area contributed by atoms with Gasteiger partial charge in [0.25, 0.3) is 0 Å². The first-order valence-electron chi connectivity index (χ1n) is 19.4.